The van der Waals surface area contributed by atoms with E-state index in [9.17, 15) is 9.59 Å². The molecule has 1 heterocycles. The lowest BCUT2D eigenvalue weighted by Gasteiger charge is -2.34. The van der Waals surface area contributed by atoms with Gasteiger partial charge in [-0.2, -0.15) is 0 Å². The van der Waals surface area contributed by atoms with Crippen LogP contribution in [0, 0.1) is 0 Å². The van der Waals surface area contributed by atoms with E-state index < -0.39 is 11.9 Å². The molecule has 2 rings (SSSR count). The fourth-order valence-electron chi connectivity index (χ4n) is 2.10. The highest BCUT2D eigenvalue weighted by Gasteiger charge is 2.30. The molecule has 6 heteroatoms. The SMILES string of the molecule is CSc1ccc(C(=O)N2CCNCC2C(N)=O)cc1. The zero-order chi connectivity index (χ0) is 13.8. The topological polar surface area (TPSA) is 75.4 Å². The Morgan fingerprint density at radius 2 is 2.05 bits per heavy atom. The van der Waals surface area contributed by atoms with E-state index >= 15 is 0 Å². The number of hydrogen-bond donors (Lipinski definition) is 2. The summed E-state index contributed by atoms with van der Waals surface area (Å²) in [5.74, 6) is -0.612. The summed E-state index contributed by atoms with van der Waals surface area (Å²) in [5.41, 5.74) is 5.93. The fraction of sp³-hybridized carbons (Fsp3) is 0.385. The molecule has 1 aromatic carbocycles. The predicted molar refractivity (Wildman–Crippen MR) is 75.1 cm³/mol. The van der Waals surface area contributed by atoms with E-state index in [1.807, 2.05) is 18.4 Å². The number of carbonyl (C=O) groups excluding carboxylic acids is 2. The van der Waals surface area contributed by atoms with E-state index in [4.69, 9.17) is 5.73 Å². The highest BCUT2D eigenvalue weighted by atomic mass is 32.2. The van der Waals surface area contributed by atoms with Crippen molar-refractivity contribution in [2.45, 2.75) is 10.9 Å². The summed E-state index contributed by atoms with van der Waals surface area (Å²) >= 11 is 1.62. The summed E-state index contributed by atoms with van der Waals surface area (Å²) in [4.78, 5) is 26.4. The predicted octanol–water partition coefficient (Wildman–Crippen LogP) is 0.308. The van der Waals surface area contributed by atoms with Gasteiger partial charge in [0.2, 0.25) is 5.91 Å². The largest absolute Gasteiger partial charge is 0.368 e. The molecule has 102 valence electrons. The second-order valence-electron chi connectivity index (χ2n) is 4.35. The molecule has 5 nitrogen and oxygen atoms in total. The first-order chi connectivity index (χ1) is 9.13. The number of nitrogens with two attached hydrogens (primary N) is 1. The number of thioether (sulfide) groups is 1. The minimum Gasteiger partial charge on any atom is -0.368 e. The Kier molecular flexibility index (Phi) is 4.44. The number of nitrogens with one attached hydrogen (secondary N) is 1. The normalized spacial score (nSPS) is 19.2. The second-order valence-corrected chi connectivity index (χ2v) is 5.23. The molecule has 19 heavy (non-hydrogen) atoms. The van der Waals surface area contributed by atoms with Gasteiger partial charge in [-0.15, -0.1) is 11.8 Å². The number of benzene rings is 1. The van der Waals surface area contributed by atoms with Gasteiger partial charge in [-0.25, -0.2) is 0 Å². The molecule has 2 amide bonds. The molecule has 1 unspecified atom stereocenters. The Bertz CT molecular complexity index is 475. The van der Waals surface area contributed by atoms with Crippen LogP contribution in [0.3, 0.4) is 0 Å². The van der Waals surface area contributed by atoms with Gasteiger partial charge in [0.25, 0.3) is 5.91 Å². The van der Waals surface area contributed by atoms with Crippen LogP contribution < -0.4 is 11.1 Å². The van der Waals surface area contributed by atoms with Gasteiger partial charge in [-0.1, -0.05) is 0 Å². The number of amides is 2. The quantitative estimate of drug-likeness (QED) is 0.781. The van der Waals surface area contributed by atoms with Gasteiger partial charge in [0, 0.05) is 30.1 Å². The fourth-order valence-corrected chi connectivity index (χ4v) is 2.51. The molecule has 0 spiro atoms. The van der Waals surface area contributed by atoms with E-state index in [-0.39, 0.29) is 5.91 Å². The van der Waals surface area contributed by atoms with Crippen LogP contribution in [0.1, 0.15) is 10.4 Å². The first kappa shape index (κ1) is 13.9. The maximum atomic E-state index is 12.4. The smallest absolute Gasteiger partial charge is 0.254 e. The lowest BCUT2D eigenvalue weighted by molar-refractivity contribution is -0.122. The van der Waals surface area contributed by atoms with Crippen molar-refractivity contribution in [2.75, 3.05) is 25.9 Å². The zero-order valence-corrected chi connectivity index (χ0v) is 11.6. The molecule has 1 aromatic rings. The van der Waals surface area contributed by atoms with Crippen LogP contribution in [0.15, 0.2) is 29.2 Å². The molecule has 0 aliphatic carbocycles. The van der Waals surface area contributed by atoms with Crippen molar-refractivity contribution in [1.82, 2.24) is 10.2 Å². The molecule has 0 saturated carbocycles. The van der Waals surface area contributed by atoms with Gasteiger partial charge in [-0.3, -0.25) is 9.59 Å². The van der Waals surface area contributed by atoms with Crippen molar-refractivity contribution in [3.8, 4) is 0 Å². The van der Waals surface area contributed by atoms with Crippen LogP contribution in [0.4, 0.5) is 0 Å². The number of hydrogen-bond acceptors (Lipinski definition) is 4. The van der Waals surface area contributed by atoms with Crippen LogP contribution in [-0.2, 0) is 4.79 Å². The molecule has 1 aliphatic rings. The van der Waals surface area contributed by atoms with Gasteiger partial charge < -0.3 is 16.0 Å². The van der Waals surface area contributed by atoms with Crippen LogP contribution in [0.25, 0.3) is 0 Å². The standard InChI is InChI=1S/C13H17N3O2S/c1-19-10-4-2-9(3-5-10)13(18)16-7-6-15-8-11(16)12(14)17/h2-5,11,15H,6-8H2,1H3,(H2,14,17). The Balaban J connectivity index is 2.18. The minimum absolute atomic E-state index is 0.141. The van der Waals surface area contributed by atoms with E-state index in [2.05, 4.69) is 5.32 Å². The Morgan fingerprint density at radius 1 is 1.37 bits per heavy atom. The first-order valence-electron chi connectivity index (χ1n) is 6.08. The van der Waals surface area contributed by atoms with Gasteiger partial charge in [-0.05, 0) is 30.5 Å². The summed E-state index contributed by atoms with van der Waals surface area (Å²) in [6, 6.07) is 6.81. The molecule has 1 aliphatic heterocycles. The molecule has 1 atom stereocenters. The second kappa shape index (κ2) is 6.08. The number of rotatable bonds is 3. The molecule has 0 radical (unpaired) electrons. The zero-order valence-electron chi connectivity index (χ0n) is 10.8. The Hall–Kier alpha value is -1.53. The molecule has 0 aromatic heterocycles. The Morgan fingerprint density at radius 3 is 2.63 bits per heavy atom. The van der Waals surface area contributed by atoms with Gasteiger partial charge in [0.1, 0.15) is 6.04 Å². The number of primary amides is 1. The number of nitrogens with zero attached hydrogens (tertiary/aromatic N) is 1. The van der Waals surface area contributed by atoms with Crippen molar-refractivity contribution >= 4 is 23.6 Å². The van der Waals surface area contributed by atoms with E-state index in [1.165, 1.54) is 0 Å². The molecule has 0 bridgehead atoms. The molecular weight excluding hydrogens is 262 g/mol. The van der Waals surface area contributed by atoms with Crippen molar-refractivity contribution in [1.29, 1.82) is 0 Å². The third-order valence-corrected chi connectivity index (χ3v) is 3.91. The summed E-state index contributed by atoms with van der Waals surface area (Å²) in [5, 5.41) is 3.07. The van der Waals surface area contributed by atoms with Crippen molar-refractivity contribution < 1.29 is 9.59 Å². The average Bonchev–Trinajstić information content (AvgIpc) is 2.46. The maximum absolute atomic E-state index is 12.4. The summed E-state index contributed by atoms with van der Waals surface area (Å²) < 4.78 is 0. The molecule has 1 fully saturated rings. The lowest BCUT2D eigenvalue weighted by atomic mass is 10.1. The average molecular weight is 279 g/mol. The van der Waals surface area contributed by atoms with E-state index in [0.29, 0.717) is 25.2 Å². The van der Waals surface area contributed by atoms with Crippen LogP contribution in [0.5, 0.6) is 0 Å². The highest BCUT2D eigenvalue weighted by molar-refractivity contribution is 7.98. The van der Waals surface area contributed by atoms with Crippen molar-refractivity contribution in [3.63, 3.8) is 0 Å². The third kappa shape index (κ3) is 3.08. The molecular formula is C13H17N3O2S. The lowest BCUT2D eigenvalue weighted by Crippen LogP contribution is -2.58. The van der Waals surface area contributed by atoms with Gasteiger partial charge >= 0.3 is 0 Å². The number of carbonyl (C=O) groups is 2. The highest BCUT2D eigenvalue weighted by Crippen LogP contribution is 2.17. The van der Waals surface area contributed by atoms with E-state index in [0.717, 1.165) is 4.90 Å². The van der Waals surface area contributed by atoms with Crippen LogP contribution in [-0.4, -0.2) is 48.6 Å². The minimum atomic E-state index is -0.568. The summed E-state index contributed by atoms with van der Waals surface area (Å²) in [7, 11) is 0. The van der Waals surface area contributed by atoms with E-state index in [1.54, 1.807) is 28.8 Å². The summed E-state index contributed by atoms with van der Waals surface area (Å²) in [6.45, 7) is 1.60. The van der Waals surface area contributed by atoms with Gasteiger partial charge in [0.05, 0.1) is 0 Å². The number of piperazine rings is 1. The first-order valence-corrected chi connectivity index (χ1v) is 7.31. The monoisotopic (exact) mass is 279 g/mol. The maximum Gasteiger partial charge on any atom is 0.254 e. The van der Waals surface area contributed by atoms with Crippen molar-refractivity contribution in [2.24, 2.45) is 5.73 Å². The van der Waals surface area contributed by atoms with Crippen LogP contribution >= 0.6 is 11.8 Å². The molecule has 3 N–H and O–H groups in total. The van der Waals surface area contributed by atoms with Crippen LogP contribution in [0.2, 0.25) is 0 Å². The summed E-state index contributed by atoms with van der Waals surface area (Å²) in [6.07, 6.45) is 1.98. The third-order valence-electron chi connectivity index (χ3n) is 3.17. The Labute approximate surface area is 116 Å². The van der Waals surface area contributed by atoms with Gasteiger partial charge in [0.15, 0.2) is 0 Å². The van der Waals surface area contributed by atoms with Crippen molar-refractivity contribution in [3.05, 3.63) is 29.8 Å². The molecule has 1 saturated heterocycles.